The summed E-state index contributed by atoms with van der Waals surface area (Å²) in [6.07, 6.45) is 1.22. The number of amides is 1. The quantitative estimate of drug-likeness (QED) is 0.860. The Hall–Kier alpha value is -1.53. The molecule has 1 amide bonds. The molecule has 18 heavy (non-hydrogen) atoms. The van der Waals surface area contributed by atoms with E-state index >= 15 is 0 Å². The van der Waals surface area contributed by atoms with Gasteiger partial charge in [0, 0.05) is 10.5 Å². The van der Waals surface area contributed by atoms with Crippen molar-refractivity contribution in [3.05, 3.63) is 51.6 Å². The van der Waals surface area contributed by atoms with Gasteiger partial charge in [-0.3, -0.25) is 4.79 Å². The molecule has 1 N–H and O–H groups in total. The van der Waals surface area contributed by atoms with Gasteiger partial charge in [-0.05, 0) is 34.1 Å². The van der Waals surface area contributed by atoms with E-state index in [4.69, 9.17) is 11.6 Å². The normalized spacial score (nSPS) is 10.2. The zero-order valence-corrected chi connectivity index (χ0v) is 11.2. The molecule has 1 aromatic heterocycles. The molecule has 0 saturated heterocycles. The highest BCUT2D eigenvalue weighted by Crippen LogP contribution is 2.19. The summed E-state index contributed by atoms with van der Waals surface area (Å²) in [6, 6.07) is 5.23. The standard InChI is InChI=1S/C11H6BrClFN3O/c12-8-2-1-6(14)3-7(8)11(18)17-10-4-9(13)15-5-16-10/h1-5H,(H,15,16,17,18). The molecule has 2 aromatic rings. The van der Waals surface area contributed by atoms with Crippen molar-refractivity contribution >= 4 is 39.3 Å². The molecular weight excluding hydrogens is 324 g/mol. The Morgan fingerprint density at radius 1 is 1.33 bits per heavy atom. The highest BCUT2D eigenvalue weighted by atomic mass is 79.9. The van der Waals surface area contributed by atoms with Gasteiger partial charge in [0.25, 0.3) is 5.91 Å². The lowest BCUT2D eigenvalue weighted by molar-refractivity contribution is 0.102. The van der Waals surface area contributed by atoms with Crippen molar-refractivity contribution in [2.75, 3.05) is 5.32 Å². The fraction of sp³-hybridized carbons (Fsp3) is 0. The van der Waals surface area contributed by atoms with E-state index in [1.165, 1.54) is 24.5 Å². The molecule has 0 spiro atoms. The fourth-order valence-electron chi connectivity index (χ4n) is 1.26. The van der Waals surface area contributed by atoms with Gasteiger partial charge in [0.15, 0.2) is 0 Å². The number of halogens is 3. The van der Waals surface area contributed by atoms with E-state index in [2.05, 4.69) is 31.2 Å². The molecule has 0 fully saturated rings. The Balaban J connectivity index is 2.24. The lowest BCUT2D eigenvalue weighted by Gasteiger charge is -2.06. The first-order valence-electron chi connectivity index (χ1n) is 4.80. The van der Waals surface area contributed by atoms with E-state index < -0.39 is 11.7 Å². The lowest BCUT2D eigenvalue weighted by atomic mass is 10.2. The Kier molecular flexibility index (Phi) is 3.88. The molecule has 0 bridgehead atoms. The van der Waals surface area contributed by atoms with Gasteiger partial charge in [0.1, 0.15) is 23.1 Å². The maximum absolute atomic E-state index is 13.1. The second-order valence-electron chi connectivity index (χ2n) is 3.30. The van der Waals surface area contributed by atoms with Crippen LogP contribution in [-0.2, 0) is 0 Å². The van der Waals surface area contributed by atoms with Crippen LogP contribution in [0, 0.1) is 5.82 Å². The molecule has 1 aromatic carbocycles. The first-order valence-corrected chi connectivity index (χ1v) is 5.97. The number of rotatable bonds is 2. The van der Waals surface area contributed by atoms with Crippen molar-refractivity contribution in [3.8, 4) is 0 Å². The van der Waals surface area contributed by atoms with Crippen LogP contribution < -0.4 is 5.32 Å². The predicted octanol–water partition coefficient (Wildman–Crippen LogP) is 3.28. The van der Waals surface area contributed by atoms with Crippen LogP contribution >= 0.6 is 27.5 Å². The molecule has 2 rings (SSSR count). The molecule has 0 atom stereocenters. The summed E-state index contributed by atoms with van der Waals surface area (Å²) in [4.78, 5) is 19.4. The van der Waals surface area contributed by atoms with Crippen LogP contribution in [0.1, 0.15) is 10.4 Å². The molecule has 0 aliphatic heterocycles. The predicted molar refractivity (Wildman–Crippen MR) is 69.1 cm³/mol. The average molecular weight is 331 g/mol. The minimum atomic E-state index is -0.496. The largest absolute Gasteiger partial charge is 0.306 e. The Morgan fingerprint density at radius 2 is 2.11 bits per heavy atom. The topological polar surface area (TPSA) is 54.9 Å². The molecular formula is C11H6BrClFN3O. The van der Waals surface area contributed by atoms with Crippen LogP contribution in [0.4, 0.5) is 10.2 Å². The summed E-state index contributed by atoms with van der Waals surface area (Å²) < 4.78 is 13.6. The van der Waals surface area contributed by atoms with Crippen LogP contribution in [0.15, 0.2) is 35.1 Å². The third kappa shape index (κ3) is 3.02. The van der Waals surface area contributed by atoms with Crippen molar-refractivity contribution in [3.63, 3.8) is 0 Å². The van der Waals surface area contributed by atoms with E-state index in [9.17, 15) is 9.18 Å². The molecule has 0 saturated carbocycles. The monoisotopic (exact) mass is 329 g/mol. The Morgan fingerprint density at radius 3 is 2.83 bits per heavy atom. The number of anilines is 1. The fourth-order valence-corrected chi connectivity index (χ4v) is 1.83. The Labute approximate surface area is 115 Å². The van der Waals surface area contributed by atoms with E-state index in [1.807, 2.05) is 0 Å². The summed E-state index contributed by atoms with van der Waals surface area (Å²) in [5.41, 5.74) is 0.171. The van der Waals surface area contributed by atoms with E-state index in [-0.39, 0.29) is 16.5 Å². The third-order valence-electron chi connectivity index (χ3n) is 2.05. The van der Waals surface area contributed by atoms with Crippen LogP contribution in [0.25, 0.3) is 0 Å². The number of carbonyl (C=O) groups excluding carboxylic acids is 1. The van der Waals surface area contributed by atoms with Gasteiger partial charge in [0.2, 0.25) is 0 Å². The number of hydrogen-bond donors (Lipinski definition) is 1. The number of aromatic nitrogens is 2. The molecule has 0 radical (unpaired) electrons. The second kappa shape index (κ2) is 5.41. The minimum absolute atomic E-state index is 0.171. The van der Waals surface area contributed by atoms with Gasteiger partial charge in [-0.25, -0.2) is 14.4 Å². The van der Waals surface area contributed by atoms with Gasteiger partial charge in [0.05, 0.1) is 5.56 Å². The summed E-state index contributed by atoms with van der Waals surface area (Å²) in [5.74, 6) is -0.739. The summed E-state index contributed by atoms with van der Waals surface area (Å²) in [7, 11) is 0. The van der Waals surface area contributed by atoms with E-state index in [0.717, 1.165) is 6.07 Å². The number of benzene rings is 1. The highest BCUT2D eigenvalue weighted by Gasteiger charge is 2.12. The molecule has 0 unspecified atom stereocenters. The summed E-state index contributed by atoms with van der Waals surface area (Å²) in [5, 5.41) is 2.70. The molecule has 7 heteroatoms. The van der Waals surface area contributed by atoms with Crippen molar-refractivity contribution in [1.29, 1.82) is 0 Å². The molecule has 0 aliphatic carbocycles. The molecule has 92 valence electrons. The van der Waals surface area contributed by atoms with Crippen molar-refractivity contribution in [2.45, 2.75) is 0 Å². The van der Waals surface area contributed by atoms with Crippen molar-refractivity contribution < 1.29 is 9.18 Å². The van der Waals surface area contributed by atoms with Crippen molar-refractivity contribution in [1.82, 2.24) is 9.97 Å². The van der Waals surface area contributed by atoms with E-state index in [1.54, 1.807) is 0 Å². The van der Waals surface area contributed by atoms with Gasteiger partial charge >= 0.3 is 0 Å². The van der Waals surface area contributed by atoms with E-state index in [0.29, 0.717) is 4.47 Å². The maximum atomic E-state index is 13.1. The number of carbonyl (C=O) groups is 1. The first kappa shape index (κ1) is 12.9. The number of nitrogens with one attached hydrogen (secondary N) is 1. The second-order valence-corrected chi connectivity index (χ2v) is 4.55. The van der Waals surface area contributed by atoms with Crippen LogP contribution in [0.2, 0.25) is 5.15 Å². The van der Waals surface area contributed by atoms with Crippen molar-refractivity contribution in [2.24, 2.45) is 0 Å². The van der Waals surface area contributed by atoms with Gasteiger partial charge in [-0.1, -0.05) is 11.6 Å². The van der Waals surface area contributed by atoms with Crippen LogP contribution in [-0.4, -0.2) is 15.9 Å². The molecule has 1 heterocycles. The SMILES string of the molecule is O=C(Nc1cc(Cl)ncn1)c1cc(F)ccc1Br. The Bertz CT molecular complexity index is 609. The van der Waals surface area contributed by atoms with Crippen LogP contribution in [0.3, 0.4) is 0 Å². The summed E-state index contributed by atoms with van der Waals surface area (Å²) in [6.45, 7) is 0. The smallest absolute Gasteiger partial charge is 0.258 e. The zero-order valence-electron chi connectivity index (χ0n) is 8.82. The van der Waals surface area contributed by atoms with Crippen LogP contribution in [0.5, 0.6) is 0 Å². The first-order chi connectivity index (χ1) is 8.56. The zero-order chi connectivity index (χ0) is 13.1. The maximum Gasteiger partial charge on any atom is 0.258 e. The van der Waals surface area contributed by atoms with Gasteiger partial charge in [-0.15, -0.1) is 0 Å². The highest BCUT2D eigenvalue weighted by molar-refractivity contribution is 9.10. The third-order valence-corrected chi connectivity index (χ3v) is 2.95. The molecule has 0 aliphatic rings. The van der Waals surface area contributed by atoms with Gasteiger partial charge < -0.3 is 5.32 Å². The number of hydrogen-bond acceptors (Lipinski definition) is 3. The minimum Gasteiger partial charge on any atom is -0.306 e. The average Bonchev–Trinajstić information content (AvgIpc) is 2.32. The van der Waals surface area contributed by atoms with Gasteiger partial charge in [-0.2, -0.15) is 0 Å². The summed E-state index contributed by atoms with van der Waals surface area (Å²) >= 11 is 8.83. The molecule has 4 nitrogen and oxygen atoms in total. The lowest BCUT2D eigenvalue weighted by Crippen LogP contribution is -2.14. The number of nitrogens with zero attached hydrogens (tertiary/aromatic N) is 2.